The Morgan fingerprint density at radius 2 is 1.74 bits per heavy atom. The van der Waals surface area contributed by atoms with Crippen LogP contribution in [0, 0.1) is 0 Å². The van der Waals surface area contributed by atoms with E-state index in [0.29, 0.717) is 10.6 Å². The van der Waals surface area contributed by atoms with Crippen LogP contribution < -0.4 is 10.9 Å². The molecule has 1 amide bonds. The number of nitrogens with one attached hydrogen (secondary N) is 2. The van der Waals surface area contributed by atoms with Gasteiger partial charge in [-0.15, -0.1) is 0 Å². The summed E-state index contributed by atoms with van der Waals surface area (Å²) in [5, 5.41) is 3.16. The number of amides is 1. The molecule has 0 bridgehead atoms. The fraction of sp³-hybridized carbons (Fsp3) is 0. The van der Waals surface area contributed by atoms with Crippen LogP contribution in [0.2, 0.25) is 5.02 Å². The van der Waals surface area contributed by atoms with Crippen molar-refractivity contribution in [3.05, 3.63) is 82.0 Å². The molecule has 23 heavy (non-hydrogen) atoms. The van der Waals surface area contributed by atoms with Crippen LogP contribution in [-0.2, 0) is 0 Å². The smallest absolute Gasteiger partial charge is 0.271 e. The third-order valence-electron chi connectivity index (χ3n) is 3.27. The molecule has 114 valence electrons. The van der Waals surface area contributed by atoms with Crippen molar-refractivity contribution in [1.29, 1.82) is 0 Å². The Bertz CT molecular complexity index is 890. The van der Waals surface area contributed by atoms with E-state index >= 15 is 0 Å². The molecule has 2 heterocycles. The van der Waals surface area contributed by atoms with Gasteiger partial charge in [0.25, 0.3) is 11.5 Å². The number of rotatable bonds is 3. The van der Waals surface area contributed by atoms with Gasteiger partial charge < -0.3 is 10.3 Å². The summed E-state index contributed by atoms with van der Waals surface area (Å²) in [6.07, 6.45) is 4.91. The second-order valence-corrected chi connectivity index (χ2v) is 5.26. The van der Waals surface area contributed by atoms with Crippen LogP contribution in [0.5, 0.6) is 0 Å². The molecular weight excluding hydrogens is 314 g/mol. The van der Waals surface area contributed by atoms with Gasteiger partial charge in [0.05, 0.1) is 0 Å². The number of hydrogen-bond acceptors (Lipinski definition) is 3. The zero-order valence-electron chi connectivity index (χ0n) is 11.9. The van der Waals surface area contributed by atoms with E-state index in [9.17, 15) is 9.59 Å². The molecule has 2 N–H and O–H groups in total. The summed E-state index contributed by atoms with van der Waals surface area (Å²) in [7, 11) is 0. The van der Waals surface area contributed by atoms with E-state index in [4.69, 9.17) is 11.6 Å². The minimum absolute atomic E-state index is 0.180. The number of nitrogens with zero attached hydrogens (tertiary/aromatic N) is 1. The molecular formula is C17H12ClN3O2. The van der Waals surface area contributed by atoms with Crippen molar-refractivity contribution in [1.82, 2.24) is 9.97 Å². The van der Waals surface area contributed by atoms with E-state index in [1.54, 1.807) is 48.9 Å². The summed E-state index contributed by atoms with van der Waals surface area (Å²) >= 11 is 5.80. The molecule has 0 fully saturated rings. The fourth-order valence-electron chi connectivity index (χ4n) is 2.08. The highest BCUT2D eigenvalue weighted by Gasteiger charge is 2.10. The Morgan fingerprint density at radius 3 is 2.43 bits per heavy atom. The number of carbonyl (C=O) groups is 1. The number of halogens is 1. The average Bonchev–Trinajstić information content (AvgIpc) is 2.58. The van der Waals surface area contributed by atoms with Crippen LogP contribution in [0.1, 0.15) is 10.4 Å². The molecule has 0 saturated heterocycles. The first-order valence-corrected chi connectivity index (χ1v) is 7.21. The molecule has 3 aromatic rings. The number of benzene rings is 1. The van der Waals surface area contributed by atoms with E-state index in [1.807, 2.05) is 12.1 Å². The van der Waals surface area contributed by atoms with Crippen molar-refractivity contribution >= 4 is 23.2 Å². The van der Waals surface area contributed by atoms with Gasteiger partial charge in [0.2, 0.25) is 0 Å². The van der Waals surface area contributed by atoms with E-state index < -0.39 is 0 Å². The Morgan fingerprint density at radius 1 is 1.04 bits per heavy atom. The zero-order valence-corrected chi connectivity index (χ0v) is 12.7. The van der Waals surface area contributed by atoms with Gasteiger partial charge >= 0.3 is 0 Å². The fourth-order valence-corrected chi connectivity index (χ4v) is 2.21. The number of aromatic amines is 1. The second-order valence-electron chi connectivity index (χ2n) is 4.83. The lowest BCUT2D eigenvalue weighted by molar-refractivity contribution is 0.102. The van der Waals surface area contributed by atoms with E-state index in [0.717, 1.165) is 11.1 Å². The maximum absolute atomic E-state index is 12.2. The number of anilines is 1. The van der Waals surface area contributed by atoms with E-state index in [-0.39, 0.29) is 17.2 Å². The summed E-state index contributed by atoms with van der Waals surface area (Å²) in [5.74, 6) is -0.376. The maximum atomic E-state index is 12.2. The lowest BCUT2D eigenvalue weighted by Gasteiger charge is -2.07. The molecule has 3 rings (SSSR count). The molecule has 0 spiro atoms. The predicted molar refractivity (Wildman–Crippen MR) is 89.7 cm³/mol. The number of aromatic nitrogens is 2. The van der Waals surface area contributed by atoms with Crippen molar-refractivity contribution < 1.29 is 4.79 Å². The van der Waals surface area contributed by atoms with E-state index in [1.165, 1.54) is 0 Å². The number of H-pyrrole nitrogens is 1. The highest BCUT2D eigenvalue weighted by molar-refractivity contribution is 6.30. The Kier molecular flexibility index (Phi) is 4.21. The molecule has 2 aromatic heterocycles. The summed E-state index contributed by atoms with van der Waals surface area (Å²) in [5.41, 5.74) is 1.89. The van der Waals surface area contributed by atoms with Gasteiger partial charge in [0.15, 0.2) is 0 Å². The van der Waals surface area contributed by atoms with Crippen LogP contribution in [0.3, 0.4) is 0 Å². The lowest BCUT2D eigenvalue weighted by Crippen LogP contribution is -2.19. The minimum atomic E-state index is -0.376. The van der Waals surface area contributed by atoms with Gasteiger partial charge in [-0.3, -0.25) is 14.6 Å². The Balaban J connectivity index is 1.89. The molecule has 0 aliphatic heterocycles. The van der Waals surface area contributed by atoms with Gasteiger partial charge in [0, 0.05) is 34.7 Å². The van der Waals surface area contributed by atoms with Crippen LogP contribution in [0.15, 0.2) is 65.8 Å². The molecule has 0 aliphatic carbocycles. The molecule has 0 unspecified atom stereocenters. The molecule has 1 aromatic carbocycles. The van der Waals surface area contributed by atoms with Crippen molar-refractivity contribution in [3.63, 3.8) is 0 Å². The molecule has 0 radical (unpaired) electrons. The first-order valence-electron chi connectivity index (χ1n) is 6.83. The summed E-state index contributed by atoms with van der Waals surface area (Å²) in [6.45, 7) is 0. The van der Waals surface area contributed by atoms with Crippen LogP contribution >= 0.6 is 11.6 Å². The van der Waals surface area contributed by atoms with Gasteiger partial charge in [-0.05, 0) is 48.0 Å². The van der Waals surface area contributed by atoms with Crippen molar-refractivity contribution in [2.75, 3.05) is 5.32 Å². The first-order chi connectivity index (χ1) is 11.1. The summed E-state index contributed by atoms with van der Waals surface area (Å²) in [6, 6.07) is 11.7. The first kappa shape index (κ1) is 15.0. The Hall–Kier alpha value is -2.92. The highest BCUT2D eigenvalue weighted by Crippen LogP contribution is 2.19. The second kappa shape index (κ2) is 6.46. The Labute approximate surface area is 137 Å². The predicted octanol–water partition coefficient (Wildman–Crippen LogP) is 3.34. The molecule has 6 heteroatoms. The van der Waals surface area contributed by atoms with Crippen LogP contribution in [0.4, 0.5) is 5.69 Å². The van der Waals surface area contributed by atoms with Gasteiger partial charge in [-0.25, -0.2) is 0 Å². The third kappa shape index (κ3) is 3.46. The maximum Gasteiger partial charge on any atom is 0.271 e. The minimum Gasteiger partial charge on any atom is -0.327 e. The number of carbonyl (C=O) groups excluding carboxylic acids is 1. The molecule has 5 nitrogen and oxygen atoms in total. The highest BCUT2D eigenvalue weighted by atomic mass is 35.5. The third-order valence-corrected chi connectivity index (χ3v) is 3.52. The zero-order chi connectivity index (χ0) is 16.2. The van der Waals surface area contributed by atoms with Gasteiger partial charge in [-0.1, -0.05) is 11.6 Å². The van der Waals surface area contributed by atoms with E-state index in [2.05, 4.69) is 15.3 Å². The van der Waals surface area contributed by atoms with Gasteiger partial charge in [-0.2, -0.15) is 0 Å². The monoisotopic (exact) mass is 325 g/mol. The molecule has 0 aliphatic rings. The van der Waals surface area contributed by atoms with Crippen LogP contribution in [-0.4, -0.2) is 15.9 Å². The summed E-state index contributed by atoms with van der Waals surface area (Å²) in [4.78, 5) is 30.7. The lowest BCUT2D eigenvalue weighted by atomic mass is 10.1. The SMILES string of the molecule is O=C(Nc1cc(-c2ccncc2)c[nH]c1=O)c1ccc(Cl)cc1. The van der Waals surface area contributed by atoms with Crippen molar-refractivity contribution in [2.24, 2.45) is 0 Å². The average molecular weight is 326 g/mol. The number of pyridine rings is 2. The van der Waals surface area contributed by atoms with Crippen molar-refractivity contribution in [2.45, 2.75) is 0 Å². The summed E-state index contributed by atoms with van der Waals surface area (Å²) < 4.78 is 0. The van der Waals surface area contributed by atoms with Crippen LogP contribution in [0.25, 0.3) is 11.1 Å². The topological polar surface area (TPSA) is 74.8 Å². The van der Waals surface area contributed by atoms with Crippen molar-refractivity contribution in [3.8, 4) is 11.1 Å². The van der Waals surface area contributed by atoms with Gasteiger partial charge in [0.1, 0.15) is 5.69 Å². The molecule has 0 saturated carbocycles. The molecule has 0 atom stereocenters. The largest absolute Gasteiger partial charge is 0.327 e. The quantitative estimate of drug-likeness (QED) is 0.775. The number of hydrogen-bond donors (Lipinski definition) is 2. The standard InChI is InChI=1S/C17H12ClN3O2/c18-14-3-1-12(2-4-14)16(22)21-15-9-13(10-20-17(15)23)11-5-7-19-8-6-11/h1-10H,(H,20,23)(H,21,22). The normalized spacial score (nSPS) is 10.3.